The second-order valence-electron chi connectivity index (χ2n) is 6.17. The quantitative estimate of drug-likeness (QED) is 0.892. The average molecular weight is 346 g/mol. The van der Waals surface area contributed by atoms with Crippen molar-refractivity contribution in [1.82, 2.24) is 10.3 Å². The zero-order valence-electron chi connectivity index (χ0n) is 13.7. The predicted molar refractivity (Wildman–Crippen MR) is 96.8 cm³/mol. The van der Waals surface area contributed by atoms with Crippen molar-refractivity contribution in [3.05, 3.63) is 46.4 Å². The lowest BCUT2D eigenvalue weighted by Crippen LogP contribution is -2.47. The molecule has 0 spiro atoms. The fraction of sp³-hybridized carbons (Fsp3) is 0.444. The molecule has 3 atom stereocenters. The molecule has 1 aliphatic carbocycles. The van der Waals surface area contributed by atoms with Crippen LogP contribution in [-0.4, -0.2) is 32.1 Å². The lowest BCUT2D eigenvalue weighted by Gasteiger charge is -2.31. The Morgan fingerprint density at radius 2 is 2.04 bits per heavy atom. The largest absolute Gasteiger partial charge is 0.347 e. The molecule has 24 heavy (non-hydrogen) atoms. The normalized spacial score (nSPS) is 22.2. The SMILES string of the molecule is CCS(=O)C1CCCCC1NC(=O)c1cc2ccccc2c(=O)[nH]1. The van der Waals surface area contributed by atoms with Crippen LogP contribution >= 0.6 is 0 Å². The highest BCUT2D eigenvalue weighted by Crippen LogP contribution is 2.23. The van der Waals surface area contributed by atoms with E-state index in [4.69, 9.17) is 0 Å². The Kier molecular flexibility index (Phi) is 5.14. The van der Waals surface area contributed by atoms with Crippen molar-refractivity contribution in [3.8, 4) is 0 Å². The molecular weight excluding hydrogens is 324 g/mol. The van der Waals surface area contributed by atoms with Crippen LogP contribution in [0.3, 0.4) is 0 Å². The van der Waals surface area contributed by atoms with E-state index in [1.165, 1.54) is 0 Å². The summed E-state index contributed by atoms with van der Waals surface area (Å²) in [7, 11) is -0.930. The number of hydrogen-bond acceptors (Lipinski definition) is 3. The number of carbonyl (C=O) groups is 1. The predicted octanol–water partition coefficient (Wildman–Crippen LogP) is 2.34. The fourth-order valence-corrected chi connectivity index (χ4v) is 4.80. The summed E-state index contributed by atoms with van der Waals surface area (Å²) in [6, 6.07) is 8.78. The standard InChI is InChI=1S/C18H22N2O3S/c1-2-24(23)16-10-6-5-9-14(16)19-18(22)15-11-12-7-3-4-8-13(12)17(21)20-15/h3-4,7-8,11,14,16H,2,5-6,9-10H2,1H3,(H,19,22)(H,20,21). The van der Waals surface area contributed by atoms with Crippen molar-refractivity contribution in [2.24, 2.45) is 0 Å². The Labute approximate surface area is 143 Å². The number of pyridine rings is 1. The molecule has 6 heteroatoms. The van der Waals surface area contributed by atoms with Gasteiger partial charge in [0, 0.05) is 28.0 Å². The number of fused-ring (bicyclic) bond motifs is 1. The highest BCUT2D eigenvalue weighted by atomic mass is 32.2. The Balaban J connectivity index is 1.84. The number of aromatic nitrogens is 1. The second kappa shape index (κ2) is 7.30. The molecule has 1 aromatic heterocycles. The maximum atomic E-state index is 12.6. The summed E-state index contributed by atoms with van der Waals surface area (Å²) in [6.07, 6.45) is 3.78. The number of rotatable bonds is 4. The first-order chi connectivity index (χ1) is 11.6. The lowest BCUT2D eigenvalue weighted by molar-refractivity contribution is 0.0924. The van der Waals surface area contributed by atoms with Crippen molar-refractivity contribution in [2.75, 3.05) is 5.75 Å². The van der Waals surface area contributed by atoms with Gasteiger partial charge >= 0.3 is 0 Å². The molecule has 1 saturated carbocycles. The Morgan fingerprint density at radius 1 is 1.29 bits per heavy atom. The Hall–Kier alpha value is -1.95. The van der Waals surface area contributed by atoms with Gasteiger partial charge in [-0.25, -0.2) is 0 Å². The highest BCUT2D eigenvalue weighted by molar-refractivity contribution is 7.85. The third kappa shape index (κ3) is 3.43. The molecule has 128 valence electrons. The number of aromatic amines is 1. The minimum absolute atomic E-state index is 0.000113. The van der Waals surface area contributed by atoms with Crippen LogP contribution in [0.1, 0.15) is 43.1 Å². The first kappa shape index (κ1) is 16.9. The van der Waals surface area contributed by atoms with Gasteiger partial charge in [0.05, 0.1) is 5.25 Å². The van der Waals surface area contributed by atoms with Crippen LogP contribution in [0, 0.1) is 0 Å². The van der Waals surface area contributed by atoms with Crippen molar-refractivity contribution in [2.45, 2.75) is 43.9 Å². The molecule has 0 saturated heterocycles. The molecule has 1 fully saturated rings. The summed E-state index contributed by atoms with van der Waals surface area (Å²) < 4.78 is 12.2. The Bertz CT molecular complexity index is 830. The molecule has 5 nitrogen and oxygen atoms in total. The van der Waals surface area contributed by atoms with E-state index in [1.54, 1.807) is 18.2 Å². The molecule has 1 amide bonds. The van der Waals surface area contributed by atoms with E-state index in [1.807, 2.05) is 19.1 Å². The Morgan fingerprint density at radius 3 is 2.83 bits per heavy atom. The van der Waals surface area contributed by atoms with Crippen LogP contribution in [0.15, 0.2) is 35.1 Å². The number of amides is 1. The third-order valence-corrected chi connectivity index (χ3v) is 6.45. The minimum Gasteiger partial charge on any atom is -0.347 e. The molecular formula is C18H22N2O3S. The average Bonchev–Trinajstić information content (AvgIpc) is 2.61. The van der Waals surface area contributed by atoms with E-state index in [-0.39, 0.29) is 28.5 Å². The summed E-state index contributed by atoms with van der Waals surface area (Å²) >= 11 is 0. The number of nitrogens with one attached hydrogen (secondary N) is 2. The molecule has 1 aliphatic rings. The zero-order chi connectivity index (χ0) is 17.1. The first-order valence-corrected chi connectivity index (χ1v) is 9.78. The maximum absolute atomic E-state index is 12.6. The summed E-state index contributed by atoms with van der Waals surface area (Å²) in [5.74, 6) is 0.298. The van der Waals surface area contributed by atoms with Crippen molar-refractivity contribution < 1.29 is 9.00 Å². The molecule has 1 heterocycles. The third-order valence-electron chi connectivity index (χ3n) is 4.64. The van der Waals surface area contributed by atoms with Crippen LogP contribution in [0.25, 0.3) is 10.8 Å². The second-order valence-corrected chi connectivity index (χ2v) is 8.12. The number of hydrogen-bond donors (Lipinski definition) is 2. The lowest BCUT2D eigenvalue weighted by atomic mass is 9.94. The summed E-state index contributed by atoms with van der Waals surface area (Å²) in [5.41, 5.74) is -0.0131. The molecule has 0 aliphatic heterocycles. The van der Waals surface area contributed by atoms with Gasteiger partial charge in [-0.15, -0.1) is 0 Å². The fourth-order valence-electron chi connectivity index (χ4n) is 3.37. The van der Waals surface area contributed by atoms with Gasteiger partial charge in [-0.3, -0.25) is 13.8 Å². The smallest absolute Gasteiger partial charge is 0.268 e. The van der Waals surface area contributed by atoms with Gasteiger partial charge in [0.15, 0.2) is 0 Å². The van der Waals surface area contributed by atoms with E-state index >= 15 is 0 Å². The molecule has 0 bridgehead atoms. The van der Waals surface area contributed by atoms with Gasteiger partial charge in [0.2, 0.25) is 0 Å². The van der Waals surface area contributed by atoms with Crippen molar-refractivity contribution in [3.63, 3.8) is 0 Å². The van der Waals surface area contributed by atoms with E-state index in [0.717, 1.165) is 31.1 Å². The van der Waals surface area contributed by atoms with Gasteiger partial charge in [-0.2, -0.15) is 0 Å². The van der Waals surface area contributed by atoms with Crippen LogP contribution in [-0.2, 0) is 10.8 Å². The van der Waals surface area contributed by atoms with Gasteiger partial charge in [-0.05, 0) is 30.4 Å². The van der Waals surface area contributed by atoms with Crippen molar-refractivity contribution in [1.29, 1.82) is 0 Å². The molecule has 2 N–H and O–H groups in total. The monoisotopic (exact) mass is 346 g/mol. The molecule has 3 rings (SSSR count). The molecule has 2 aromatic rings. The number of carbonyl (C=O) groups excluding carboxylic acids is 1. The van der Waals surface area contributed by atoms with Gasteiger partial charge < -0.3 is 10.3 Å². The topological polar surface area (TPSA) is 79.0 Å². The van der Waals surface area contributed by atoms with Crippen LogP contribution < -0.4 is 10.9 Å². The maximum Gasteiger partial charge on any atom is 0.268 e. The van der Waals surface area contributed by atoms with Gasteiger partial charge in [-0.1, -0.05) is 38.0 Å². The highest BCUT2D eigenvalue weighted by Gasteiger charge is 2.30. The van der Waals surface area contributed by atoms with E-state index in [2.05, 4.69) is 10.3 Å². The first-order valence-electron chi connectivity index (χ1n) is 8.40. The van der Waals surface area contributed by atoms with E-state index in [9.17, 15) is 13.8 Å². The zero-order valence-corrected chi connectivity index (χ0v) is 14.5. The van der Waals surface area contributed by atoms with Gasteiger partial charge in [0.25, 0.3) is 11.5 Å². The number of H-pyrrole nitrogens is 1. The molecule has 1 aromatic carbocycles. The minimum atomic E-state index is -0.930. The molecule has 3 unspecified atom stereocenters. The van der Waals surface area contributed by atoms with Crippen LogP contribution in [0.2, 0.25) is 0 Å². The van der Waals surface area contributed by atoms with Crippen LogP contribution in [0.5, 0.6) is 0 Å². The van der Waals surface area contributed by atoms with E-state index < -0.39 is 10.8 Å². The summed E-state index contributed by atoms with van der Waals surface area (Å²) in [4.78, 5) is 27.4. The summed E-state index contributed by atoms with van der Waals surface area (Å²) in [5, 5.41) is 4.30. The molecule has 0 radical (unpaired) electrons. The van der Waals surface area contributed by atoms with Gasteiger partial charge in [0.1, 0.15) is 5.69 Å². The van der Waals surface area contributed by atoms with E-state index in [0.29, 0.717) is 11.1 Å². The number of benzene rings is 1. The summed E-state index contributed by atoms with van der Waals surface area (Å²) in [6.45, 7) is 1.91. The van der Waals surface area contributed by atoms with Crippen LogP contribution in [0.4, 0.5) is 0 Å². The van der Waals surface area contributed by atoms with Crippen molar-refractivity contribution >= 4 is 27.5 Å².